The van der Waals surface area contributed by atoms with Crippen LogP contribution in [0, 0.1) is 11.7 Å². The van der Waals surface area contributed by atoms with E-state index in [9.17, 15) is 4.39 Å². The van der Waals surface area contributed by atoms with Crippen LogP contribution >= 0.6 is 0 Å². The van der Waals surface area contributed by atoms with Gasteiger partial charge in [0, 0.05) is 6.04 Å². The van der Waals surface area contributed by atoms with Gasteiger partial charge in [-0.25, -0.2) is 4.39 Å². The lowest BCUT2D eigenvalue weighted by Crippen LogP contribution is -2.18. The molecule has 0 aliphatic heterocycles. The first kappa shape index (κ1) is 13.0. The van der Waals surface area contributed by atoms with Gasteiger partial charge in [0.1, 0.15) is 0 Å². The molecule has 0 aliphatic carbocycles. The second kappa shape index (κ2) is 5.85. The molecule has 1 rings (SSSR count). The number of hydrogen-bond acceptors (Lipinski definition) is 2. The van der Waals surface area contributed by atoms with Gasteiger partial charge >= 0.3 is 0 Å². The number of halogens is 1. The van der Waals surface area contributed by atoms with E-state index in [1.54, 1.807) is 12.1 Å². The summed E-state index contributed by atoms with van der Waals surface area (Å²) in [5.74, 6) is 0.584. The van der Waals surface area contributed by atoms with Gasteiger partial charge in [0.2, 0.25) is 0 Å². The largest absolute Gasteiger partial charge is 0.494 e. The van der Waals surface area contributed by atoms with E-state index in [2.05, 4.69) is 19.2 Å². The third kappa shape index (κ3) is 3.20. The summed E-state index contributed by atoms with van der Waals surface area (Å²) >= 11 is 0. The SMILES string of the molecule is CNC(CC(C)C)c1ccc(F)c(OC)c1. The summed E-state index contributed by atoms with van der Waals surface area (Å²) in [6, 6.07) is 5.27. The standard InChI is InChI=1S/C13H20FNO/c1-9(2)7-12(15-3)10-5-6-11(14)13(8-10)16-4/h5-6,8-9,12,15H,7H2,1-4H3. The van der Waals surface area contributed by atoms with Gasteiger partial charge in [-0.2, -0.15) is 0 Å². The van der Waals surface area contributed by atoms with Crippen LogP contribution in [0.1, 0.15) is 31.9 Å². The summed E-state index contributed by atoms with van der Waals surface area (Å²) in [5.41, 5.74) is 1.06. The molecule has 0 aromatic heterocycles. The molecule has 0 saturated carbocycles. The lowest BCUT2D eigenvalue weighted by Gasteiger charge is -2.19. The van der Waals surface area contributed by atoms with Gasteiger partial charge < -0.3 is 10.1 Å². The molecule has 1 unspecified atom stereocenters. The number of rotatable bonds is 5. The zero-order valence-corrected chi connectivity index (χ0v) is 10.4. The van der Waals surface area contributed by atoms with Crippen molar-refractivity contribution in [3.63, 3.8) is 0 Å². The third-order valence-corrected chi connectivity index (χ3v) is 2.63. The molecule has 90 valence electrons. The van der Waals surface area contributed by atoms with Crippen LogP contribution in [0.25, 0.3) is 0 Å². The molecule has 0 fully saturated rings. The van der Waals surface area contributed by atoms with Crippen molar-refractivity contribution in [2.75, 3.05) is 14.2 Å². The van der Waals surface area contributed by atoms with E-state index in [1.165, 1.54) is 13.2 Å². The van der Waals surface area contributed by atoms with E-state index in [4.69, 9.17) is 4.74 Å². The fourth-order valence-electron chi connectivity index (χ4n) is 1.79. The number of hydrogen-bond donors (Lipinski definition) is 1. The normalized spacial score (nSPS) is 12.9. The second-order valence-electron chi connectivity index (χ2n) is 4.36. The summed E-state index contributed by atoms with van der Waals surface area (Å²) < 4.78 is 18.2. The zero-order chi connectivity index (χ0) is 12.1. The van der Waals surface area contributed by atoms with Crippen LogP contribution in [-0.2, 0) is 0 Å². The number of methoxy groups -OCH3 is 1. The minimum Gasteiger partial charge on any atom is -0.494 e. The molecule has 0 aliphatic rings. The van der Waals surface area contributed by atoms with Crippen LogP contribution < -0.4 is 10.1 Å². The molecule has 1 atom stereocenters. The van der Waals surface area contributed by atoms with Crippen LogP contribution in [0.15, 0.2) is 18.2 Å². The summed E-state index contributed by atoms with van der Waals surface area (Å²) in [7, 11) is 3.40. The lowest BCUT2D eigenvalue weighted by molar-refractivity contribution is 0.383. The van der Waals surface area contributed by atoms with Crippen molar-refractivity contribution in [1.29, 1.82) is 0 Å². The Bertz CT molecular complexity index is 339. The van der Waals surface area contributed by atoms with E-state index in [1.807, 2.05) is 7.05 Å². The maximum atomic E-state index is 13.3. The molecular weight excluding hydrogens is 205 g/mol. The summed E-state index contributed by atoms with van der Waals surface area (Å²) in [4.78, 5) is 0. The fraction of sp³-hybridized carbons (Fsp3) is 0.538. The van der Waals surface area contributed by atoms with Gasteiger partial charge in [0.25, 0.3) is 0 Å². The summed E-state index contributed by atoms with van der Waals surface area (Å²) in [5, 5.41) is 3.24. The third-order valence-electron chi connectivity index (χ3n) is 2.63. The number of ether oxygens (including phenoxy) is 1. The minimum atomic E-state index is -0.314. The van der Waals surface area contributed by atoms with Crippen molar-refractivity contribution < 1.29 is 9.13 Å². The molecule has 0 amide bonds. The molecule has 0 spiro atoms. The molecule has 1 aromatic rings. The average molecular weight is 225 g/mol. The monoisotopic (exact) mass is 225 g/mol. The van der Waals surface area contributed by atoms with E-state index in [-0.39, 0.29) is 11.9 Å². The summed E-state index contributed by atoms with van der Waals surface area (Å²) in [6.45, 7) is 4.34. The van der Waals surface area contributed by atoms with Gasteiger partial charge in [0.15, 0.2) is 11.6 Å². The molecule has 3 heteroatoms. The van der Waals surface area contributed by atoms with Crippen LogP contribution in [0.4, 0.5) is 4.39 Å². The molecule has 0 heterocycles. The minimum absolute atomic E-state index is 0.245. The maximum absolute atomic E-state index is 13.3. The average Bonchev–Trinajstić information content (AvgIpc) is 2.26. The Hall–Kier alpha value is -1.09. The predicted molar refractivity (Wildman–Crippen MR) is 64.2 cm³/mol. The topological polar surface area (TPSA) is 21.3 Å². The van der Waals surface area contributed by atoms with Gasteiger partial charge in [-0.1, -0.05) is 19.9 Å². The highest BCUT2D eigenvalue weighted by molar-refractivity contribution is 5.32. The zero-order valence-electron chi connectivity index (χ0n) is 10.4. The fourth-order valence-corrected chi connectivity index (χ4v) is 1.79. The molecule has 16 heavy (non-hydrogen) atoms. The Balaban J connectivity index is 2.92. The highest BCUT2D eigenvalue weighted by Crippen LogP contribution is 2.26. The van der Waals surface area contributed by atoms with Gasteiger partial charge in [-0.3, -0.25) is 0 Å². The number of benzene rings is 1. The highest BCUT2D eigenvalue weighted by Gasteiger charge is 2.13. The van der Waals surface area contributed by atoms with Crippen LogP contribution in [-0.4, -0.2) is 14.2 Å². The van der Waals surface area contributed by atoms with Crippen molar-refractivity contribution in [2.45, 2.75) is 26.3 Å². The van der Waals surface area contributed by atoms with Crippen LogP contribution in [0.2, 0.25) is 0 Å². The first-order valence-corrected chi connectivity index (χ1v) is 5.59. The molecule has 0 radical (unpaired) electrons. The Morgan fingerprint density at radius 1 is 1.38 bits per heavy atom. The van der Waals surface area contributed by atoms with Gasteiger partial charge in [-0.05, 0) is 37.1 Å². The van der Waals surface area contributed by atoms with Crippen LogP contribution in [0.5, 0.6) is 5.75 Å². The summed E-state index contributed by atoms with van der Waals surface area (Å²) in [6.07, 6.45) is 1.02. The van der Waals surface area contributed by atoms with Crippen molar-refractivity contribution in [2.24, 2.45) is 5.92 Å². The Labute approximate surface area is 96.8 Å². The smallest absolute Gasteiger partial charge is 0.165 e. The van der Waals surface area contributed by atoms with Crippen molar-refractivity contribution in [3.8, 4) is 5.75 Å². The van der Waals surface area contributed by atoms with Crippen molar-refractivity contribution in [1.82, 2.24) is 5.32 Å². The van der Waals surface area contributed by atoms with E-state index in [0.29, 0.717) is 11.7 Å². The highest BCUT2D eigenvalue weighted by atomic mass is 19.1. The van der Waals surface area contributed by atoms with Gasteiger partial charge in [0.05, 0.1) is 7.11 Å². The molecule has 1 N–H and O–H groups in total. The van der Waals surface area contributed by atoms with Crippen LogP contribution in [0.3, 0.4) is 0 Å². The molecular formula is C13H20FNO. The molecule has 0 bridgehead atoms. The Morgan fingerprint density at radius 3 is 2.56 bits per heavy atom. The first-order chi connectivity index (χ1) is 7.58. The maximum Gasteiger partial charge on any atom is 0.165 e. The van der Waals surface area contributed by atoms with Crippen molar-refractivity contribution in [3.05, 3.63) is 29.6 Å². The predicted octanol–water partition coefficient (Wildman–Crippen LogP) is 3.14. The Morgan fingerprint density at radius 2 is 2.06 bits per heavy atom. The molecule has 1 aromatic carbocycles. The second-order valence-corrected chi connectivity index (χ2v) is 4.36. The van der Waals surface area contributed by atoms with Crippen molar-refractivity contribution >= 4 is 0 Å². The van der Waals surface area contributed by atoms with Gasteiger partial charge in [-0.15, -0.1) is 0 Å². The first-order valence-electron chi connectivity index (χ1n) is 5.59. The lowest BCUT2D eigenvalue weighted by atomic mass is 9.97. The van der Waals surface area contributed by atoms with E-state index >= 15 is 0 Å². The molecule has 0 saturated heterocycles. The quantitative estimate of drug-likeness (QED) is 0.831. The van der Waals surface area contributed by atoms with E-state index in [0.717, 1.165) is 12.0 Å². The number of nitrogens with one attached hydrogen (secondary N) is 1. The Kier molecular flexibility index (Phi) is 4.74. The van der Waals surface area contributed by atoms with E-state index < -0.39 is 0 Å². The molecule has 2 nitrogen and oxygen atoms in total.